The number of ether oxygens (including phenoxy) is 1. The molecule has 2 saturated heterocycles. The first kappa shape index (κ1) is 20.6. The van der Waals surface area contributed by atoms with Crippen molar-refractivity contribution in [2.45, 2.75) is 31.0 Å². The summed E-state index contributed by atoms with van der Waals surface area (Å²) in [6, 6.07) is 12.1. The zero-order valence-corrected chi connectivity index (χ0v) is 17.7. The first-order valence-electron chi connectivity index (χ1n) is 10.4. The summed E-state index contributed by atoms with van der Waals surface area (Å²) in [7, 11) is 5.37. The van der Waals surface area contributed by atoms with Crippen molar-refractivity contribution in [3.63, 3.8) is 0 Å². The molecule has 0 unspecified atom stereocenters. The number of hydrogen-bond donors (Lipinski definition) is 1. The molecule has 1 aromatic carbocycles. The lowest BCUT2D eigenvalue weighted by molar-refractivity contribution is -0.134. The summed E-state index contributed by atoms with van der Waals surface area (Å²) in [4.78, 5) is 28.7. The molecule has 2 aromatic rings. The van der Waals surface area contributed by atoms with Gasteiger partial charge in [0.15, 0.2) is 5.69 Å². The first-order valence-corrected chi connectivity index (χ1v) is 10.4. The Balaban J connectivity index is 1.35. The number of aryl methyl sites for hydroxylation is 1. The van der Waals surface area contributed by atoms with E-state index in [0.29, 0.717) is 18.7 Å². The third kappa shape index (κ3) is 4.39. The van der Waals surface area contributed by atoms with Gasteiger partial charge in [0.25, 0.3) is 5.91 Å². The van der Waals surface area contributed by atoms with Gasteiger partial charge in [-0.05, 0) is 18.1 Å². The highest BCUT2D eigenvalue weighted by Crippen LogP contribution is 2.25. The molecule has 8 nitrogen and oxygen atoms in total. The average molecular weight is 412 g/mol. The fourth-order valence-electron chi connectivity index (χ4n) is 4.26. The number of carbonyl (C=O) groups is 2. The van der Waals surface area contributed by atoms with E-state index in [1.165, 1.54) is 0 Å². The van der Waals surface area contributed by atoms with Crippen LogP contribution in [0.4, 0.5) is 0 Å². The Morgan fingerprint density at radius 3 is 2.73 bits per heavy atom. The second-order valence-corrected chi connectivity index (χ2v) is 8.37. The summed E-state index contributed by atoms with van der Waals surface area (Å²) < 4.78 is 7.64. The van der Waals surface area contributed by atoms with Crippen LogP contribution in [-0.2, 0) is 16.6 Å². The standard InChI is InChI=1S/C22H29N5O3/c1-25(2)21(28)10-18-13-27-12-16(9-17(27)14-30-18)23-22(29)19-11-20(26(3)24-19)15-7-5-4-6-8-15/h4-8,11,16-18H,9-10,12-14H2,1-3H3,(H,23,29)/t16-,17+,18+/m1/s1. The molecule has 2 aliphatic rings. The predicted molar refractivity (Wildman–Crippen MR) is 113 cm³/mol. The molecule has 8 heteroatoms. The average Bonchev–Trinajstić information content (AvgIpc) is 3.31. The molecule has 3 heterocycles. The van der Waals surface area contributed by atoms with Crippen LogP contribution in [0.15, 0.2) is 36.4 Å². The summed E-state index contributed by atoms with van der Waals surface area (Å²) in [5.41, 5.74) is 2.36. The minimum Gasteiger partial charge on any atom is -0.375 e. The van der Waals surface area contributed by atoms with Gasteiger partial charge >= 0.3 is 0 Å². The minimum atomic E-state index is -0.155. The summed E-state index contributed by atoms with van der Waals surface area (Å²) in [6.45, 7) is 2.09. The van der Waals surface area contributed by atoms with Gasteiger partial charge in [0.05, 0.1) is 24.8 Å². The van der Waals surface area contributed by atoms with Crippen molar-refractivity contribution in [2.75, 3.05) is 33.8 Å². The molecule has 2 amide bonds. The second kappa shape index (κ2) is 8.57. The lowest BCUT2D eigenvalue weighted by atomic mass is 10.1. The molecule has 4 rings (SSSR count). The molecule has 0 aliphatic carbocycles. The molecule has 1 N–H and O–H groups in total. The smallest absolute Gasteiger partial charge is 0.272 e. The van der Waals surface area contributed by atoms with Crippen LogP contribution in [0, 0.1) is 0 Å². The largest absolute Gasteiger partial charge is 0.375 e. The molecule has 2 aliphatic heterocycles. The molecule has 0 saturated carbocycles. The molecule has 0 bridgehead atoms. The molecular formula is C22H29N5O3. The first-order chi connectivity index (χ1) is 14.4. The van der Waals surface area contributed by atoms with Crippen LogP contribution in [0.5, 0.6) is 0 Å². The van der Waals surface area contributed by atoms with E-state index in [1.54, 1.807) is 23.7 Å². The zero-order valence-electron chi connectivity index (χ0n) is 17.7. The predicted octanol–water partition coefficient (Wildman–Crippen LogP) is 1.14. The van der Waals surface area contributed by atoms with Gasteiger partial charge in [-0.2, -0.15) is 5.10 Å². The Kier molecular flexibility index (Phi) is 5.87. The van der Waals surface area contributed by atoms with E-state index >= 15 is 0 Å². The van der Waals surface area contributed by atoms with Gasteiger partial charge in [-0.3, -0.25) is 19.2 Å². The number of rotatable bonds is 5. The van der Waals surface area contributed by atoms with Crippen LogP contribution in [0.25, 0.3) is 11.3 Å². The molecule has 1 aromatic heterocycles. The highest BCUT2D eigenvalue weighted by atomic mass is 16.5. The van der Waals surface area contributed by atoms with E-state index in [2.05, 4.69) is 15.3 Å². The van der Waals surface area contributed by atoms with E-state index in [0.717, 1.165) is 30.8 Å². The summed E-state index contributed by atoms with van der Waals surface area (Å²) in [6.07, 6.45) is 1.15. The maximum Gasteiger partial charge on any atom is 0.272 e. The van der Waals surface area contributed by atoms with Crippen molar-refractivity contribution in [1.82, 2.24) is 24.9 Å². The van der Waals surface area contributed by atoms with Crippen molar-refractivity contribution < 1.29 is 14.3 Å². The van der Waals surface area contributed by atoms with Crippen LogP contribution in [0.3, 0.4) is 0 Å². The fraction of sp³-hybridized carbons (Fsp3) is 0.500. The third-order valence-electron chi connectivity index (χ3n) is 5.91. The third-order valence-corrected chi connectivity index (χ3v) is 5.91. The van der Waals surface area contributed by atoms with E-state index in [9.17, 15) is 9.59 Å². The number of nitrogens with one attached hydrogen (secondary N) is 1. The van der Waals surface area contributed by atoms with Gasteiger partial charge in [0.1, 0.15) is 0 Å². The van der Waals surface area contributed by atoms with Crippen molar-refractivity contribution in [3.05, 3.63) is 42.1 Å². The quantitative estimate of drug-likeness (QED) is 0.798. The van der Waals surface area contributed by atoms with Crippen LogP contribution in [0.2, 0.25) is 0 Å². The zero-order chi connectivity index (χ0) is 21.3. The fourth-order valence-corrected chi connectivity index (χ4v) is 4.26. The van der Waals surface area contributed by atoms with E-state index < -0.39 is 0 Å². The Bertz CT molecular complexity index is 911. The van der Waals surface area contributed by atoms with Crippen molar-refractivity contribution >= 4 is 11.8 Å². The Hall–Kier alpha value is -2.71. The number of fused-ring (bicyclic) bond motifs is 1. The molecular weight excluding hydrogens is 382 g/mol. The normalized spacial score (nSPS) is 23.8. The molecule has 3 atom stereocenters. The van der Waals surface area contributed by atoms with Crippen molar-refractivity contribution in [3.8, 4) is 11.3 Å². The number of nitrogens with zero attached hydrogens (tertiary/aromatic N) is 4. The van der Waals surface area contributed by atoms with Crippen LogP contribution in [0.1, 0.15) is 23.3 Å². The van der Waals surface area contributed by atoms with E-state index in [4.69, 9.17) is 4.74 Å². The van der Waals surface area contributed by atoms with Gasteiger partial charge in [-0.25, -0.2) is 0 Å². The number of aromatic nitrogens is 2. The van der Waals surface area contributed by atoms with Crippen LogP contribution >= 0.6 is 0 Å². The maximum absolute atomic E-state index is 12.8. The second-order valence-electron chi connectivity index (χ2n) is 8.37. The Morgan fingerprint density at radius 1 is 1.23 bits per heavy atom. The summed E-state index contributed by atoms with van der Waals surface area (Å²) >= 11 is 0. The number of amides is 2. The van der Waals surface area contributed by atoms with Crippen LogP contribution in [-0.4, -0.2) is 83.4 Å². The lowest BCUT2D eigenvalue weighted by Crippen LogP contribution is -2.47. The van der Waals surface area contributed by atoms with E-state index in [-0.39, 0.29) is 30.0 Å². The molecule has 160 valence electrons. The topological polar surface area (TPSA) is 79.7 Å². The highest BCUT2D eigenvalue weighted by Gasteiger charge is 2.38. The number of carbonyl (C=O) groups excluding carboxylic acids is 2. The Morgan fingerprint density at radius 2 is 2.00 bits per heavy atom. The Labute approximate surface area is 176 Å². The summed E-state index contributed by atoms with van der Waals surface area (Å²) in [5, 5.41) is 7.54. The van der Waals surface area contributed by atoms with Gasteiger partial charge in [-0.15, -0.1) is 0 Å². The van der Waals surface area contributed by atoms with Crippen molar-refractivity contribution in [2.24, 2.45) is 7.05 Å². The monoisotopic (exact) mass is 411 g/mol. The molecule has 0 spiro atoms. The molecule has 0 radical (unpaired) electrons. The van der Waals surface area contributed by atoms with Crippen LogP contribution < -0.4 is 5.32 Å². The van der Waals surface area contributed by atoms with Gasteiger partial charge in [-0.1, -0.05) is 30.3 Å². The molecule has 30 heavy (non-hydrogen) atoms. The maximum atomic E-state index is 12.8. The molecule has 2 fully saturated rings. The lowest BCUT2D eigenvalue weighted by Gasteiger charge is -2.35. The van der Waals surface area contributed by atoms with Gasteiger partial charge in [0, 0.05) is 46.3 Å². The number of benzene rings is 1. The van der Waals surface area contributed by atoms with Crippen molar-refractivity contribution in [1.29, 1.82) is 0 Å². The van der Waals surface area contributed by atoms with Gasteiger partial charge in [0.2, 0.25) is 5.91 Å². The number of morpholine rings is 1. The van der Waals surface area contributed by atoms with Gasteiger partial charge < -0.3 is 15.0 Å². The highest BCUT2D eigenvalue weighted by molar-refractivity contribution is 5.93. The number of hydrogen-bond acceptors (Lipinski definition) is 5. The minimum absolute atomic E-state index is 0.0524. The van der Waals surface area contributed by atoms with E-state index in [1.807, 2.05) is 43.4 Å². The summed E-state index contributed by atoms with van der Waals surface area (Å²) in [5.74, 6) is -0.0789. The SMILES string of the molecule is CN(C)C(=O)C[C@H]1CN2C[C@H](NC(=O)c3cc(-c4ccccc4)n(C)n3)C[C@H]2CO1.